The molecule has 9 nitrogen and oxygen atoms in total. The average Bonchev–Trinajstić information content (AvgIpc) is 3.22. The van der Waals surface area contributed by atoms with Gasteiger partial charge in [0.1, 0.15) is 24.4 Å². The van der Waals surface area contributed by atoms with Crippen molar-refractivity contribution in [1.82, 2.24) is 0 Å². The lowest BCUT2D eigenvalue weighted by Crippen LogP contribution is -2.63. The Morgan fingerprint density at radius 3 is 2.40 bits per heavy atom. The second-order valence-electron chi connectivity index (χ2n) is 14.9. The highest BCUT2D eigenvalue weighted by atomic mass is 16.8. The standard InChI is InChI=1S/C33H54O9/c1-17(2)23(34)10-7-18(3)22-15-24(35)26-19-8-9-21-29(38)33(39,42-30-28(40-6)27(37)25(36)16-41-30)14-13-31(21,4)20(19)11-12-32(22,26)5/h8,11,17-18,21-30,34-39H,7,9-10,12-16H2,1-6H3/t18-,21?,22-,23?,24?,25-,26-,27+,28-,29?,30+,31-,32-,33?/m1/s1. The highest BCUT2D eigenvalue weighted by Gasteiger charge is 2.62. The van der Waals surface area contributed by atoms with Gasteiger partial charge in [-0.3, -0.25) is 0 Å². The van der Waals surface area contributed by atoms with Crippen LogP contribution in [0.15, 0.2) is 23.3 Å². The first kappa shape index (κ1) is 32.5. The van der Waals surface area contributed by atoms with Gasteiger partial charge in [0, 0.05) is 25.4 Å². The van der Waals surface area contributed by atoms with Crippen molar-refractivity contribution in [3.8, 4) is 0 Å². The number of fused-ring (bicyclic) bond motifs is 5. The zero-order chi connectivity index (χ0) is 30.8. The maximum Gasteiger partial charge on any atom is 0.195 e. The van der Waals surface area contributed by atoms with E-state index in [2.05, 4.69) is 32.9 Å². The quantitative estimate of drug-likeness (QED) is 0.233. The summed E-state index contributed by atoms with van der Waals surface area (Å²) in [6, 6.07) is 0. The molecular weight excluding hydrogens is 540 g/mol. The van der Waals surface area contributed by atoms with Gasteiger partial charge in [-0.2, -0.15) is 0 Å². The monoisotopic (exact) mass is 594 g/mol. The maximum absolute atomic E-state index is 11.6. The van der Waals surface area contributed by atoms with Gasteiger partial charge >= 0.3 is 0 Å². The number of allylic oxidation sites excluding steroid dienone is 3. The van der Waals surface area contributed by atoms with Crippen LogP contribution in [-0.2, 0) is 14.2 Å². The molecule has 0 aromatic rings. The normalized spacial score (nSPS) is 48.5. The van der Waals surface area contributed by atoms with Crippen LogP contribution in [0.3, 0.4) is 0 Å². The third-order valence-corrected chi connectivity index (χ3v) is 12.1. The van der Waals surface area contributed by atoms with Crippen LogP contribution in [0.2, 0.25) is 0 Å². The smallest absolute Gasteiger partial charge is 0.195 e. The highest BCUT2D eigenvalue weighted by molar-refractivity contribution is 5.47. The zero-order valence-corrected chi connectivity index (χ0v) is 26.1. The van der Waals surface area contributed by atoms with Crippen LogP contribution in [-0.4, -0.2) is 93.1 Å². The largest absolute Gasteiger partial charge is 0.393 e. The molecule has 14 atom stereocenters. The van der Waals surface area contributed by atoms with Crippen molar-refractivity contribution in [3.05, 3.63) is 23.3 Å². The molecule has 0 aromatic heterocycles. The molecule has 5 unspecified atom stereocenters. The first-order valence-electron chi connectivity index (χ1n) is 16.0. The van der Waals surface area contributed by atoms with Crippen LogP contribution in [0.25, 0.3) is 0 Å². The summed E-state index contributed by atoms with van der Waals surface area (Å²) < 4.78 is 16.9. The minimum absolute atomic E-state index is 0.0120. The van der Waals surface area contributed by atoms with Crippen LogP contribution in [0.1, 0.15) is 79.6 Å². The van der Waals surface area contributed by atoms with Crippen LogP contribution >= 0.6 is 0 Å². The molecule has 42 heavy (non-hydrogen) atoms. The summed E-state index contributed by atoms with van der Waals surface area (Å²) in [6.45, 7) is 10.7. The summed E-state index contributed by atoms with van der Waals surface area (Å²) in [5.74, 6) is -1.25. The van der Waals surface area contributed by atoms with Gasteiger partial charge in [0.15, 0.2) is 12.1 Å². The summed E-state index contributed by atoms with van der Waals surface area (Å²) in [7, 11) is 1.37. The van der Waals surface area contributed by atoms with Crippen LogP contribution in [0.4, 0.5) is 0 Å². The third-order valence-electron chi connectivity index (χ3n) is 12.1. The Kier molecular flexibility index (Phi) is 9.14. The Hall–Kier alpha value is -0.880. The van der Waals surface area contributed by atoms with Crippen LogP contribution < -0.4 is 0 Å². The number of methoxy groups -OCH3 is 1. The Bertz CT molecular complexity index is 1040. The molecule has 2 saturated carbocycles. The Labute approximate surface area is 250 Å². The Morgan fingerprint density at radius 1 is 1.02 bits per heavy atom. The van der Waals surface area contributed by atoms with Crippen molar-refractivity contribution in [2.75, 3.05) is 13.7 Å². The van der Waals surface area contributed by atoms with Crippen molar-refractivity contribution < 1.29 is 44.8 Å². The second kappa shape index (κ2) is 11.8. The van der Waals surface area contributed by atoms with Crippen molar-refractivity contribution in [2.45, 2.75) is 128 Å². The predicted molar refractivity (Wildman–Crippen MR) is 156 cm³/mol. The van der Waals surface area contributed by atoms with Crippen molar-refractivity contribution in [1.29, 1.82) is 0 Å². The summed E-state index contributed by atoms with van der Waals surface area (Å²) in [6.07, 6.45) is 2.56. The molecule has 0 aromatic carbocycles. The lowest BCUT2D eigenvalue weighted by Gasteiger charge is -2.57. The van der Waals surface area contributed by atoms with Gasteiger partial charge in [0.25, 0.3) is 0 Å². The number of rotatable bonds is 8. The summed E-state index contributed by atoms with van der Waals surface area (Å²) >= 11 is 0. The van der Waals surface area contributed by atoms with Crippen LogP contribution in [0.5, 0.6) is 0 Å². The van der Waals surface area contributed by atoms with Crippen molar-refractivity contribution in [3.63, 3.8) is 0 Å². The number of hydrogen-bond donors (Lipinski definition) is 6. The maximum atomic E-state index is 11.6. The highest BCUT2D eigenvalue weighted by Crippen LogP contribution is 2.65. The van der Waals surface area contributed by atoms with E-state index in [-0.39, 0.29) is 42.3 Å². The van der Waals surface area contributed by atoms with Crippen molar-refractivity contribution in [2.24, 2.45) is 40.4 Å². The first-order chi connectivity index (χ1) is 19.7. The lowest BCUT2D eigenvalue weighted by atomic mass is 9.50. The lowest BCUT2D eigenvalue weighted by molar-refractivity contribution is -0.381. The zero-order valence-electron chi connectivity index (χ0n) is 26.1. The molecule has 5 rings (SSSR count). The van der Waals surface area contributed by atoms with Gasteiger partial charge in [0.05, 0.1) is 18.8 Å². The summed E-state index contributed by atoms with van der Waals surface area (Å²) in [4.78, 5) is 0. The topological polar surface area (TPSA) is 149 Å². The average molecular weight is 595 g/mol. The molecule has 1 saturated heterocycles. The number of aliphatic hydroxyl groups excluding tert-OH is 5. The second-order valence-corrected chi connectivity index (χ2v) is 14.9. The van der Waals surface area contributed by atoms with Crippen molar-refractivity contribution >= 4 is 0 Å². The number of aliphatic hydroxyl groups is 6. The fourth-order valence-electron chi connectivity index (χ4n) is 9.29. The molecule has 0 spiro atoms. The van der Waals surface area contributed by atoms with Crippen LogP contribution in [0, 0.1) is 40.4 Å². The van der Waals surface area contributed by atoms with E-state index in [0.717, 1.165) is 25.7 Å². The summed E-state index contributed by atoms with van der Waals surface area (Å²) in [5, 5.41) is 65.5. The third kappa shape index (κ3) is 5.24. The minimum atomic E-state index is -1.91. The molecule has 1 heterocycles. The van der Waals surface area contributed by atoms with E-state index in [1.807, 2.05) is 13.8 Å². The molecule has 9 heteroatoms. The molecule has 6 N–H and O–H groups in total. The van der Waals surface area contributed by atoms with E-state index in [4.69, 9.17) is 14.2 Å². The fourth-order valence-corrected chi connectivity index (χ4v) is 9.29. The number of ether oxygens (including phenoxy) is 3. The molecule has 4 aliphatic carbocycles. The van der Waals surface area contributed by atoms with E-state index in [0.29, 0.717) is 24.7 Å². The molecule has 3 fully saturated rings. The molecule has 240 valence electrons. The molecule has 5 aliphatic rings. The SMILES string of the molecule is CO[C@H]1[C@H](OC2(O)CC[C@]3(C)C4=CC[C@@]5(C)[C@H](C4=CCC3C2O)C(O)C[C@@H]5[C@H](C)CCC(O)C(C)C)OC[C@@H](O)[C@@H]1O. The molecule has 1 aliphatic heterocycles. The minimum Gasteiger partial charge on any atom is -0.393 e. The molecular formula is C33H54O9. The van der Waals surface area contributed by atoms with E-state index < -0.39 is 48.0 Å². The van der Waals surface area contributed by atoms with Gasteiger partial charge in [0.2, 0.25) is 0 Å². The number of hydrogen-bond acceptors (Lipinski definition) is 9. The predicted octanol–water partition coefficient (Wildman–Crippen LogP) is 2.66. The molecule has 0 amide bonds. The van der Waals surface area contributed by atoms with E-state index in [1.165, 1.54) is 18.3 Å². The van der Waals surface area contributed by atoms with E-state index in [9.17, 15) is 30.6 Å². The fraction of sp³-hybridized carbons (Fsp3) is 0.879. The van der Waals surface area contributed by atoms with E-state index >= 15 is 0 Å². The van der Waals surface area contributed by atoms with Gasteiger partial charge in [-0.15, -0.1) is 0 Å². The van der Waals surface area contributed by atoms with E-state index in [1.54, 1.807) is 0 Å². The van der Waals surface area contributed by atoms with Gasteiger partial charge in [-0.25, -0.2) is 0 Å². The Balaban J connectivity index is 1.35. The first-order valence-corrected chi connectivity index (χ1v) is 16.0. The molecule has 0 bridgehead atoms. The summed E-state index contributed by atoms with van der Waals surface area (Å²) in [5.41, 5.74) is 1.87. The van der Waals surface area contributed by atoms with Gasteiger partial charge in [-0.05, 0) is 78.3 Å². The van der Waals surface area contributed by atoms with Gasteiger partial charge < -0.3 is 44.8 Å². The Morgan fingerprint density at radius 2 is 1.74 bits per heavy atom. The molecule has 0 radical (unpaired) electrons. The van der Waals surface area contributed by atoms with Gasteiger partial charge in [-0.1, -0.05) is 46.8 Å².